The molecule has 0 aromatic carbocycles. The molecule has 1 N–H and O–H groups in total. The molecule has 2 saturated heterocycles. The number of likely N-dealkylation sites (tertiary alicyclic amines) is 1. The van der Waals surface area contributed by atoms with E-state index in [-0.39, 0.29) is 12.0 Å². The maximum atomic E-state index is 13.1. The summed E-state index contributed by atoms with van der Waals surface area (Å²) in [5.74, 6) is 0.640. The minimum Gasteiger partial charge on any atom is -0.376 e. The lowest BCUT2D eigenvalue weighted by Crippen LogP contribution is -2.45. The summed E-state index contributed by atoms with van der Waals surface area (Å²) in [6.07, 6.45) is 10.3. The molecule has 3 fully saturated rings. The molecule has 1 saturated carbocycles. The Hall–Kier alpha value is -1.40. The lowest BCUT2D eigenvalue weighted by molar-refractivity contribution is 0.0425. The Kier molecular flexibility index (Phi) is 6.13. The van der Waals surface area contributed by atoms with Gasteiger partial charge in [-0.25, -0.2) is 0 Å². The zero-order chi connectivity index (χ0) is 18.6. The van der Waals surface area contributed by atoms with Crippen LogP contribution >= 0.6 is 0 Å². The number of ether oxygens (including phenoxy) is 1. The molecule has 1 aliphatic carbocycles. The molecule has 1 aromatic rings. The van der Waals surface area contributed by atoms with Gasteiger partial charge in [0.05, 0.1) is 6.10 Å². The maximum absolute atomic E-state index is 13.1. The van der Waals surface area contributed by atoms with Gasteiger partial charge in [-0.15, -0.1) is 0 Å². The lowest BCUT2D eigenvalue weighted by atomic mass is 9.94. The van der Waals surface area contributed by atoms with Crippen molar-refractivity contribution in [2.45, 2.75) is 70.4 Å². The van der Waals surface area contributed by atoms with Crippen LogP contribution in [-0.4, -0.2) is 70.8 Å². The summed E-state index contributed by atoms with van der Waals surface area (Å²) in [6.45, 7) is 6.69. The van der Waals surface area contributed by atoms with Gasteiger partial charge in [0.15, 0.2) is 0 Å². The number of nitrogens with zero attached hydrogens (tertiary/aromatic N) is 3. The van der Waals surface area contributed by atoms with Gasteiger partial charge >= 0.3 is 0 Å². The van der Waals surface area contributed by atoms with E-state index in [1.54, 1.807) is 0 Å². The predicted octanol–water partition coefficient (Wildman–Crippen LogP) is 2.99. The number of carbonyl (C=O) groups is 1. The summed E-state index contributed by atoms with van der Waals surface area (Å²) in [7, 11) is 0. The second-order valence-electron chi connectivity index (χ2n) is 8.70. The molecule has 1 aromatic heterocycles. The molecular weight excluding hydrogens is 340 g/mol. The van der Waals surface area contributed by atoms with Crippen LogP contribution in [0.5, 0.6) is 0 Å². The van der Waals surface area contributed by atoms with Crippen LogP contribution in [0.1, 0.15) is 67.5 Å². The first-order valence-electron chi connectivity index (χ1n) is 10.9. The molecule has 1 atom stereocenters. The van der Waals surface area contributed by atoms with E-state index in [0.29, 0.717) is 18.2 Å². The Morgan fingerprint density at radius 1 is 1.19 bits per heavy atom. The fourth-order valence-electron chi connectivity index (χ4n) is 5.05. The quantitative estimate of drug-likeness (QED) is 0.831. The highest BCUT2D eigenvalue weighted by atomic mass is 16.5. The van der Waals surface area contributed by atoms with E-state index in [1.165, 1.54) is 51.6 Å². The second-order valence-corrected chi connectivity index (χ2v) is 8.70. The molecule has 0 bridgehead atoms. The van der Waals surface area contributed by atoms with E-state index in [1.807, 2.05) is 17.9 Å². The number of hydrogen-bond donors (Lipinski definition) is 1. The molecule has 4 rings (SSSR count). The van der Waals surface area contributed by atoms with Crippen LogP contribution in [0.25, 0.3) is 0 Å². The number of carbonyl (C=O) groups excluding carboxylic acids is 1. The van der Waals surface area contributed by atoms with Crippen LogP contribution in [0.2, 0.25) is 0 Å². The molecule has 0 radical (unpaired) electrons. The molecule has 150 valence electrons. The van der Waals surface area contributed by atoms with Gasteiger partial charge in [0.2, 0.25) is 0 Å². The molecule has 1 unspecified atom stereocenters. The third-order valence-corrected chi connectivity index (χ3v) is 6.63. The van der Waals surface area contributed by atoms with Gasteiger partial charge in [-0.3, -0.25) is 9.89 Å². The number of aromatic amines is 1. The highest BCUT2D eigenvalue weighted by molar-refractivity contribution is 5.92. The molecule has 0 spiro atoms. The Bertz CT molecular complexity index is 611. The van der Waals surface area contributed by atoms with Crippen molar-refractivity contribution in [2.75, 3.05) is 32.8 Å². The zero-order valence-corrected chi connectivity index (χ0v) is 16.7. The minimum atomic E-state index is 0.0491. The molecule has 6 nitrogen and oxygen atoms in total. The van der Waals surface area contributed by atoms with Crippen molar-refractivity contribution in [1.82, 2.24) is 20.0 Å². The van der Waals surface area contributed by atoms with E-state index in [0.717, 1.165) is 37.7 Å². The number of nitrogens with one attached hydrogen (secondary N) is 1. The summed E-state index contributed by atoms with van der Waals surface area (Å²) in [5, 5.41) is 7.11. The highest BCUT2D eigenvalue weighted by Gasteiger charge is 2.31. The largest absolute Gasteiger partial charge is 0.376 e. The van der Waals surface area contributed by atoms with Crippen LogP contribution in [0, 0.1) is 12.8 Å². The lowest BCUT2D eigenvalue weighted by Gasteiger charge is -2.38. The van der Waals surface area contributed by atoms with Crippen LogP contribution in [0.4, 0.5) is 0 Å². The van der Waals surface area contributed by atoms with Crippen LogP contribution in [-0.2, 0) is 4.74 Å². The summed E-state index contributed by atoms with van der Waals surface area (Å²) < 4.78 is 5.82. The van der Waals surface area contributed by atoms with Crippen molar-refractivity contribution in [3.63, 3.8) is 0 Å². The van der Waals surface area contributed by atoms with Crippen molar-refractivity contribution in [2.24, 2.45) is 5.92 Å². The number of piperidine rings is 1. The fourth-order valence-corrected chi connectivity index (χ4v) is 5.05. The van der Waals surface area contributed by atoms with E-state index in [4.69, 9.17) is 4.74 Å². The molecular formula is C21H34N4O2. The van der Waals surface area contributed by atoms with Gasteiger partial charge in [0.25, 0.3) is 5.91 Å². The summed E-state index contributed by atoms with van der Waals surface area (Å²) in [5.41, 5.74) is 1.47. The smallest absolute Gasteiger partial charge is 0.274 e. The van der Waals surface area contributed by atoms with Gasteiger partial charge in [0.1, 0.15) is 5.69 Å². The summed E-state index contributed by atoms with van der Waals surface area (Å²) >= 11 is 0. The highest BCUT2D eigenvalue weighted by Crippen LogP contribution is 2.28. The van der Waals surface area contributed by atoms with E-state index in [2.05, 4.69) is 15.1 Å². The Balaban J connectivity index is 1.36. The number of hydrogen-bond acceptors (Lipinski definition) is 4. The van der Waals surface area contributed by atoms with Gasteiger partial charge in [-0.05, 0) is 70.5 Å². The molecule has 27 heavy (non-hydrogen) atoms. The maximum Gasteiger partial charge on any atom is 0.274 e. The van der Waals surface area contributed by atoms with Crippen LogP contribution < -0.4 is 0 Å². The number of H-pyrrole nitrogens is 1. The first-order chi connectivity index (χ1) is 13.2. The van der Waals surface area contributed by atoms with Gasteiger partial charge in [-0.2, -0.15) is 5.10 Å². The Morgan fingerprint density at radius 3 is 2.59 bits per heavy atom. The van der Waals surface area contributed by atoms with Crippen LogP contribution in [0.3, 0.4) is 0 Å². The van der Waals surface area contributed by atoms with E-state index >= 15 is 0 Å². The summed E-state index contributed by atoms with van der Waals surface area (Å²) in [6, 6.07) is 2.68. The van der Waals surface area contributed by atoms with Crippen molar-refractivity contribution < 1.29 is 9.53 Å². The predicted molar refractivity (Wildman–Crippen MR) is 105 cm³/mol. The molecule has 3 aliphatic rings. The first-order valence-corrected chi connectivity index (χ1v) is 10.9. The fraction of sp³-hybridized carbons (Fsp3) is 0.810. The molecule has 6 heteroatoms. The van der Waals surface area contributed by atoms with Crippen molar-refractivity contribution >= 4 is 5.91 Å². The average molecular weight is 375 g/mol. The van der Waals surface area contributed by atoms with Gasteiger partial charge in [0, 0.05) is 31.4 Å². The van der Waals surface area contributed by atoms with E-state index < -0.39 is 0 Å². The average Bonchev–Trinajstić information content (AvgIpc) is 3.44. The molecule has 1 amide bonds. The van der Waals surface area contributed by atoms with Crippen molar-refractivity contribution in [1.29, 1.82) is 0 Å². The Labute approximate surface area is 162 Å². The second kappa shape index (κ2) is 8.74. The number of aromatic nitrogens is 2. The van der Waals surface area contributed by atoms with Crippen molar-refractivity contribution in [3.05, 3.63) is 17.5 Å². The molecule has 2 aliphatic heterocycles. The normalized spacial score (nSPS) is 25.3. The SMILES string of the molecule is Cc1cc(C(=O)N(CC2CCN(C3CCCC3)CC2)CC2CCCO2)n[nH]1. The van der Waals surface area contributed by atoms with Gasteiger partial charge < -0.3 is 14.5 Å². The number of rotatable bonds is 6. The van der Waals surface area contributed by atoms with Gasteiger partial charge in [-0.1, -0.05) is 12.8 Å². The van der Waals surface area contributed by atoms with E-state index in [9.17, 15) is 4.79 Å². The number of amides is 1. The monoisotopic (exact) mass is 374 g/mol. The first kappa shape index (κ1) is 18.9. The zero-order valence-electron chi connectivity index (χ0n) is 16.7. The summed E-state index contributed by atoms with van der Waals surface area (Å²) in [4.78, 5) is 17.8. The Morgan fingerprint density at radius 2 is 1.96 bits per heavy atom. The number of aryl methyl sites for hydroxylation is 1. The third kappa shape index (κ3) is 4.72. The topological polar surface area (TPSA) is 61.5 Å². The third-order valence-electron chi connectivity index (χ3n) is 6.63. The van der Waals surface area contributed by atoms with Crippen LogP contribution in [0.15, 0.2) is 6.07 Å². The van der Waals surface area contributed by atoms with Crippen molar-refractivity contribution in [3.8, 4) is 0 Å². The standard InChI is InChI=1S/C21H34N4O2/c1-16-13-20(23-22-16)21(26)25(15-19-7-4-12-27-19)14-17-8-10-24(11-9-17)18-5-2-3-6-18/h13,17-19H,2-12,14-15H2,1H3,(H,22,23). The molecule has 3 heterocycles. The minimum absolute atomic E-state index is 0.0491.